The molecule has 0 aliphatic carbocycles. The van der Waals surface area contributed by atoms with Crippen molar-refractivity contribution in [1.82, 2.24) is 10.5 Å². The van der Waals surface area contributed by atoms with Crippen molar-refractivity contribution >= 4 is 22.9 Å². The summed E-state index contributed by atoms with van der Waals surface area (Å²) in [5, 5.41) is 8.04. The van der Waals surface area contributed by atoms with Gasteiger partial charge in [0.05, 0.1) is 12.9 Å². The summed E-state index contributed by atoms with van der Waals surface area (Å²) in [7, 11) is 0. The minimum atomic E-state index is 0.642. The van der Waals surface area contributed by atoms with E-state index in [9.17, 15) is 0 Å². The second-order valence-corrected chi connectivity index (χ2v) is 3.33. The average Bonchev–Trinajstić information content (AvgIpc) is 2.74. The molecule has 2 aromatic rings. The molecular formula is C11H9N3O. The summed E-state index contributed by atoms with van der Waals surface area (Å²) in [6.45, 7) is 0.642. The summed E-state index contributed by atoms with van der Waals surface area (Å²) in [6, 6.07) is 7.82. The molecule has 0 atom stereocenters. The number of nitrogens with zero attached hydrogens (tertiary/aromatic N) is 2. The van der Waals surface area contributed by atoms with E-state index in [1.807, 2.05) is 30.5 Å². The molecule has 0 bridgehead atoms. The number of nitrogens with one attached hydrogen (secondary N) is 1. The predicted octanol–water partition coefficient (Wildman–Crippen LogP) is 1.80. The molecule has 1 aliphatic rings. The molecule has 0 fully saturated rings. The Morgan fingerprint density at radius 1 is 1.27 bits per heavy atom. The first kappa shape index (κ1) is 8.23. The Bertz CT molecular complexity index is 554. The molecule has 2 heterocycles. The lowest BCUT2D eigenvalue weighted by molar-refractivity contribution is 0.453. The molecule has 1 N–H and O–H groups in total. The highest BCUT2D eigenvalue weighted by molar-refractivity contribution is 5.90. The Balaban J connectivity index is 2.15. The van der Waals surface area contributed by atoms with E-state index in [0.29, 0.717) is 6.54 Å². The molecule has 1 aliphatic heterocycles. The number of hydrogen-bond donors (Lipinski definition) is 1. The Hall–Kier alpha value is -2.10. The molecule has 0 saturated heterocycles. The first-order valence-corrected chi connectivity index (χ1v) is 4.73. The number of para-hydroxylation sites is 1. The SMILES string of the molecule is C1=NCC(c2noc3ccccc23)=CN1. The molecule has 0 saturated carbocycles. The molecule has 0 radical (unpaired) electrons. The van der Waals surface area contributed by atoms with Crippen LogP contribution in [0.15, 0.2) is 40.0 Å². The van der Waals surface area contributed by atoms with Crippen molar-refractivity contribution in [3.63, 3.8) is 0 Å². The van der Waals surface area contributed by atoms with Crippen LogP contribution in [0.2, 0.25) is 0 Å². The molecule has 74 valence electrons. The van der Waals surface area contributed by atoms with Crippen molar-refractivity contribution in [3.05, 3.63) is 36.2 Å². The quantitative estimate of drug-likeness (QED) is 0.761. The van der Waals surface area contributed by atoms with Crippen molar-refractivity contribution in [2.75, 3.05) is 6.54 Å². The summed E-state index contributed by atoms with van der Waals surface area (Å²) in [5.41, 5.74) is 2.72. The van der Waals surface area contributed by atoms with Gasteiger partial charge < -0.3 is 9.84 Å². The Morgan fingerprint density at radius 2 is 2.20 bits per heavy atom. The summed E-state index contributed by atoms with van der Waals surface area (Å²) in [4.78, 5) is 4.14. The van der Waals surface area contributed by atoms with Crippen LogP contribution in [0.4, 0.5) is 0 Å². The van der Waals surface area contributed by atoms with Gasteiger partial charge in [-0.05, 0) is 12.1 Å². The third-order valence-corrected chi connectivity index (χ3v) is 2.37. The summed E-state index contributed by atoms with van der Waals surface area (Å²) < 4.78 is 5.23. The fourth-order valence-electron chi connectivity index (χ4n) is 1.64. The summed E-state index contributed by atoms with van der Waals surface area (Å²) in [6.07, 6.45) is 3.57. The largest absolute Gasteiger partial charge is 0.356 e. The molecule has 0 spiro atoms. The van der Waals surface area contributed by atoms with E-state index >= 15 is 0 Å². The second-order valence-electron chi connectivity index (χ2n) is 3.33. The van der Waals surface area contributed by atoms with E-state index in [1.54, 1.807) is 6.34 Å². The highest BCUT2D eigenvalue weighted by atomic mass is 16.5. The molecule has 4 heteroatoms. The maximum absolute atomic E-state index is 5.23. The lowest BCUT2D eigenvalue weighted by Crippen LogP contribution is -2.09. The van der Waals surface area contributed by atoms with Crippen molar-refractivity contribution in [1.29, 1.82) is 0 Å². The van der Waals surface area contributed by atoms with Crippen molar-refractivity contribution < 1.29 is 4.52 Å². The standard InChI is InChI=1S/C11H9N3O/c1-2-4-10-9(3-1)11(14-15-10)8-5-12-7-13-6-8/h1-5,7H,6H2,(H,12,13). The van der Waals surface area contributed by atoms with Crippen molar-refractivity contribution in [3.8, 4) is 0 Å². The van der Waals surface area contributed by atoms with E-state index in [1.165, 1.54) is 0 Å². The van der Waals surface area contributed by atoms with E-state index in [4.69, 9.17) is 4.52 Å². The topological polar surface area (TPSA) is 50.4 Å². The third-order valence-electron chi connectivity index (χ3n) is 2.37. The first-order chi connectivity index (χ1) is 7.45. The normalized spacial score (nSPS) is 15.1. The average molecular weight is 199 g/mol. The van der Waals surface area contributed by atoms with Gasteiger partial charge in [-0.15, -0.1) is 0 Å². The highest BCUT2D eigenvalue weighted by Crippen LogP contribution is 2.24. The predicted molar refractivity (Wildman–Crippen MR) is 58.5 cm³/mol. The summed E-state index contributed by atoms with van der Waals surface area (Å²) in [5.74, 6) is 0. The highest BCUT2D eigenvalue weighted by Gasteiger charge is 2.12. The van der Waals surface area contributed by atoms with Gasteiger partial charge in [0.1, 0.15) is 5.69 Å². The Labute approximate surface area is 86.3 Å². The molecule has 1 aromatic heterocycles. The van der Waals surface area contributed by atoms with Gasteiger partial charge in [-0.25, -0.2) is 0 Å². The maximum atomic E-state index is 5.23. The molecular weight excluding hydrogens is 190 g/mol. The van der Waals surface area contributed by atoms with Crippen LogP contribution in [0.5, 0.6) is 0 Å². The van der Waals surface area contributed by atoms with Crippen LogP contribution in [0.1, 0.15) is 5.69 Å². The van der Waals surface area contributed by atoms with Crippen molar-refractivity contribution in [2.24, 2.45) is 4.99 Å². The molecule has 4 nitrogen and oxygen atoms in total. The zero-order valence-electron chi connectivity index (χ0n) is 7.97. The first-order valence-electron chi connectivity index (χ1n) is 4.73. The lowest BCUT2D eigenvalue weighted by Gasteiger charge is -2.05. The van der Waals surface area contributed by atoms with Crippen LogP contribution in [0.3, 0.4) is 0 Å². The number of hydrogen-bond acceptors (Lipinski definition) is 4. The zero-order chi connectivity index (χ0) is 10.1. The van der Waals surface area contributed by atoms with Crippen LogP contribution >= 0.6 is 0 Å². The van der Waals surface area contributed by atoms with Gasteiger partial charge in [0.2, 0.25) is 0 Å². The van der Waals surface area contributed by atoms with Gasteiger partial charge >= 0.3 is 0 Å². The van der Waals surface area contributed by atoms with Crippen LogP contribution in [0, 0.1) is 0 Å². The van der Waals surface area contributed by atoms with E-state index < -0.39 is 0 Å². The molecule has 0 amide bonds. The van der Waals surface area contributed by atoms with Crippen LogP contribution < -0.4 is 5.32 Å². The van der Waals surface area contributed by atoms with E-state index in [0.717, 1.165) is 22.2 Å². The number of fused-ring (bicyclic) bond motifs is 1. The molecule has 15 heavy (non-hydrogen) atoms. The van der Waals surface area contributed by atoms with Gasteiger partial charge in [-0.3, -0.25) is 4.99 Å². The van der Waals surface area contributed by atoms with Gasteiger partial charge in [0, 0.05) is 17.2 Å². The molecule has 0 unspecified atom stereocenters. The van der Waals surface area contributed by atoms with E-state index in [-0.39, 0.29) is 0 Å². The Kier molecular flexibility index (Phi) is 1.78. The van der Waals surface area contributed by atoms with Gasteiger partial charge in [0.25, 0.3) is 0 Å². The minimum absolute atomic E-state index is 0.642. The summed E-state index contributed by atoms with van der Waals surface area (Å²) >= 11 is 0. The zero-order valence-corrected chi connectivity index (χ0v) is 7.97. The van der Waals surface area contributed by atoms with Crippen LogP contribution in [0.25, 0.3) is 16.5 Å². The fourth-order valence-corrected chi connectivity index (χ4v) is 1.64. The maximum Gasteiger partial charge on any atom is 0.167 e. The smallest absolute Gasteiger partial charge is 0.167 e. The van der Waals surface area contributed by atoms with Gasteiger partial charge in [-0.1, -0.05) is 17.3 Å². The Morgan fingerprint density at radius 3 is 3.07 bits per heavy atom. The fraction of sp³-hybridized carbons (Fsp3) is 0.0909. The number of benzene rings is 1. The molecule has 1 aromatic carbocycles. The van der Waals surface area contributed by atoms with Gasteiger partial charge in [-0.2, -0.15) is 0 Å². The molecule has 3 rings (SSSR count). The van der Waals surface area contributed by atoms with Crippen LogP contribution in [-0.4, -0.2) is 18.0 Å². The number of rotatable bonds is 1. The van der Waals surface area contributed by atoms with Gasteiger partial charge in [0.15, 0.2) is 5.58 Å². The minimum Gasteiger partial charge on any atom is -0.356 e. The number of aromatic nitrogens is 1. The van der Waals surface area contributed by atoms with Crippen LogP contribution in [-0.2, 0) is 0 Å². The number of aliphatic imine (C=N–C) groups is 1. The van der Waals surface area contributed by atoms with E-state index in [2.05, 4.69) is 15.5 Å². The third kappa shape index (κ3) is 1.30. The van der Waals surface area contributed by atoms with Crippen molar-refractivity contribution in [2.45, 2.75) is 0 Å². The lowest BCUT2D eigenvalue weighted by atomic mass is 10.1. The second kappa shape index (κ2) is 3.24. The monoisotopic (exact) mass is 199 g/mol.